The summed E-state index contributed by atoms with van der Waals surface area (Å²) < 4.78 is 1.93. The molecule has 0 aromatic carbocycles. The van der Waals surface area contributed by atoms with Crippen LogP contribution in [0.2, 0.25) is 0 Å². The van der Waals surface area contributed by atoms with Gasteiger partial charge >= 0.3 is 0 Å². The summed E-state index contributed by atoms with van der Waals surface area (Å²) in [7, 11) is 0. The van der Waals surface area contributed by atoms with E-state index in [0.29, 0.717) is 17.2 Å². The van der Waals surface area contributed by atoms with Crippen molar-refractivity contribution in [3.05, 3.63) is 48.5 Å². The largest absolute Gasteiger partial charge is 0.397 e. The van der Waals surface area contributed by atoms with E-state index < -0.39 is 0 Å². The Morgan fingerprint density at radius 2 is 2.19 bits per heavy atom. The Kier molecular flexibility index (Phi) is 4.32. The second kappa shape index (κ2) is 6.78. The van der Waals surface area contributed by atoms with Crippen LogP contribution in [0, 0.1) is 5.92 Å². The molecule has 26 heavy (non-hydrogen) atoms. The molecule has 3 aromatic rings. The number of fused-ring (bicyclic) bond motifs is 1. The van der Waals surface area contributed by atoms with Crippen molar-refractivity contribution in [3.8, 4) is 5.69 Å². The molecule has 0 aliphatic carbocycles. The Labute approximate surface area is 152 Å². The van der Waals surface area contributed by atoms with Crippen LogP contribution >= 0.6 is 0 Å². The first-order chi connectivity index (χ1) is 12.7. The van der Waals surface area contributed by atoms with Crippen LogP contribution in [0.5, 0.6) is 0 Å². The number of hydrogen-bond donors (Lipinski definition) is 1. The molecule has 0 spiro atoms. The molecular formula is C20H23N5O. The van der Waals surface area contributed by atoms with Gasteiger partial charge in [0.25, 0.3) is 5.91 Å². The molecule has 4 heterocycles. The minimum atomic E-state index is 0.0796. The zero-order valence-electron chi connectivity index (χ0n) is 14.9. The average Bonchev–Trinajstić information content (AvgIpc) is 3.10. The topological polar surface area (TPSA) is 77.0 Å². The molecule has 1 aliphatic heterocycles. The van der Waals surface area contributed by atoms with Crippen LogP contribution in [0.25, 0.3) is 16.7 Å². The second-order valence-electron chi connectivity index (χ2n) is 6.97. The van der Waals surface area contributed by atoms with Gasteiger partial charge in [0, 0.05) is 37.1 Å². The number of likely N-dealkylation sites (tertiary alicyclic amines) is 1. The molecule has 0 radical (unpaired) electrons. The second-order valence-corrected chi connectivity index (χ2v) is 6.97. The highest BCUT2D eigenvalue weighted by Crippen LogP contribution is 2.23. The van der Waals surface area contributed by atoms with Gasteiger partial charge in [-0.1, -0.05) is 13.3 Å². The first-order valence-corrected chi connectivity index (χ1v) is 9.13. The summed E-state index contributed by atoms with van der Waals surface area (Å²) in [5.74, 6) is 0.692. The lowest BCUT2D eigenvalue weighted by Gasteiger charge is -2.32. The highest BCUT2D eigenvalue weighted by Gasteiger charge is 2.24. The van der Waals surface area contributed by atoms with Gasteiger partial charge in [0.05, 0.1) is 23.1 Å². The van der Waals surface area contributed by atoms with Gasteiger partial charge in [-0.05, 0) is 37.0 Å². The third-order valence-electron chi connectivity index (χ3n) is 5.18. The zero-order valence-corrected chi connectivity index (χ0v) is 14.9. The summed E-state index contributed by atoms with van der Waals surface area (Å²) in [6.07, 6.45) is 10.4. The fraction of sp³-hybridized carbons (Fsp3) is 0.350. The number of rotatable bonds is 3. The van der Waals surface area contributed by atoms with Gasteiger partial charge in [-0.3, -0.25) is 14.3 Å². The van der Waals surface area contributed by atoms with E-state index in [1.165, 1.54) is 6.42 Å². The predicted molar refractivity (Wildman–Crippen MR) is 102 cm³/mol. The van der Waals surface area contributed by atoms with Crippen LogP contribution in [0.15, 0.2) is 43.0 Å². The quantitative estimate of drug-likeness (QED) is 0.787. The van der Waals surface area contributed by atoms with E-state index >= 15 is 0 Å². The lowest BCUT2D eigenvalue weighted by atomic mass is 9.95. The Hall–Kier alpha value is -2.89. The summed E-state index contributed by atoms with van der Waals surface area (Å²) >= 11 is 0. The van der Waals surface area contributed by atoms with Crippen molar-refractivity contribution >= 4 is 22.6 Å². The fourth-order valence-electron chi connectivity index (χ4n) is 3.69. The van der Waals surface area contributed by atoms with Gasteiger partial charge in [0.15, 0.2) is 0 Å². The molecule has 2 N–H and O–H groups in total. The number of carbonyl (C=O) groups excluding carboxylic acids is 1. The third-order valence-corrected chi connectivity index (χ3v) is 5.18. The van der Waals surface area contributed by atoms with Crippen molar-refractivity contribution in [2.75, 3.05) is 18.8 Å². The molecule has 6 heteroatoms. The molecular weight excluding hydrogens is 326 g/mol. The molecule has 1 amide bonds. The van der Waals surface area contributed by atoms with Gasteiger partial charge in [-0.25, -0.2) is 4.98 Å². The lowest BCUT2D eigenvalue weighted by Crippen LogP contribution is -2.39. The first-order valence-electron chi connectivity index (χ1n) is 9.13. The smallest absolute Gasteiger partial charge is 0.255 e. The van der Waals surface area contributed by atoms with E-state index in [0.717, 1.165) is 42.7 Å². The van der Waals surface area contributed by atoms with E-state index in [1.807, 2.05) is 33.9 Å². The number of piperidine rings is 1. The standard InChI is InChI=1S/C20H23N5O/c1-2-14-4-3-6-24(13-14)20(26)16-8-15-5-7-25(19(15)23-10-16)18-9-17(21)11-22-12-18/h5,7-12,14H,2-4,6,13,21H2,1H3/t14-/m1/s1. The monoisotopic (exact) mass is 349 g/mol. The lowest BCUT2D eigenvalue weighted by molar-refractivity contribution is 0.0671. The van der Waals surface area contributed by atoms with Crippen LogP contribution in [0.3, 0.4) is 0 Å². The van der Waals surface area contributed by atoms with Crippen molar-refractivity contribution in [2.45, 2.75) is 26.2 Å². The number of carbonyl (C=O) groups is 1. The summed E-state index contributed by atoms with van der Waals surface area (Å²) in [5, 5.41) is 0.933. The molecule has 134 valence electrons. The molecule has 6 nitrogen and oxygen atoms in total. The minimum Gasteiger partial charge on any atom is -0.397 e. The summed E-state index contributed by atoms with van der Waals surface area (Å²) in [4.78, 5) is 23.5. The van der Waals surface area contributed by atoms with Crippen LogP contribution in [-0.4, -0.2) is 38.4 Å². The normalized spacial score (nSPS) is 17.6. The van der Waals surface area contributed by atoms with E-state index in [4.69, 9.17) is 5.73 Å². The predicted octanol–water partition coefficient (Wildman–Crippen LogP) is 3.26. The number of aromatic nitrogens is 3. The van der Waals surface area contributed by atoms with Crippen LogP contribution in [-0.2, 0) is 0 Å². The van der Waals surface area contributed by atoms with E-state index in [9.17, 15) is 4.79 Å². The van der Waals surface area contributed by atoms with Crippen molar-refractivity contribution < 1.29 is 4.79 Å². The van der Waals surface area contributed by atoms with Gasteiger partial charge in [0.2, 0.25) is 0 Å². The SMILES string of the molecule is CC[C@@H]1CCCN(C(=O)c2cnc3c(ccn3-c3cncc(N)c3)c2)C1. The number of anilines is 1. The molecule has 0 unspecified atom stereocenters. The molecule has 1 fully saturated rings. The van der Waals surface area contributed by atoms with Crippen molar-refractivity contribution in [3.63, 3.8) is 0 Å². The van der Waals surface area contributed by atoms with E-state index in [1.54, 1.807) is 18.6 Å². The highest BCUT2D eigenvalue weighted by atomic mass is 16.2. The summed E-state index contributed by atoms with van der Waals surface area (Å²) in [5.41, 5.74) is 8.73. The van der Waals surface area contributed by atoms with Crippen LogP contribution in [0.1, 0.15) is 36.5 Å². The number of nitrogen functional groups attached to an aromatic ring is 1. The van der Waals surface area contributed by atoms with E-state index in [2.05, 4.69) is 16.9 Å². The number of nitrogens with zero attached hydrogens (tertiary/aromatic N) is 4. The molecule has 0 saturated carbocycles. The summed E-state index contributed by atoms with van der Waals surface area (Å²) in [6, 6.07) is 5.75. The van der Waals surface area contributed by atoms with Crippen molar-refractivity contribution in [1.82, 2.24) is 19.4 Å². The molecule has 1 saturated heterocycles. The van der Waals surface area contributed by atoms with Crippen molar-refractivity contribution in [1.29, 1.82) is 0 Å². The van der Waals surface area contributed by atoms with Gasteiger partial charge in [-0.2, -0.15) is 0 Å². The first kappa shape index (κ1) is 16.6. The molecule has 0 bridgehead atoms. The third kappa shape index (κ3) is 3.03. The molecule has 3 aromatic heterocycles. The van der Waals surface area contributed by atoms with Gasteiger partial charge < -0.3 is 10.6 Å². The number of amides is 1. The number of nitrogens with two attached hydrogens (primary N) is 1. The molecule has 1 atom stereocenters. The van der Waals surface area contributed by atoms with Crippen LogP contribution in [0.4, 0.5) is 5.69 Å². The maximum absolute atomic E-state index is 12.9. The van der Waals surface area contributed by atoms with E-state index in [-0.39, 0.29) is 5.91 Å². The molecule has 4 rings (SSSR count). The minimum absolute atomic E-state index is 0.0796. The maximum Gasteiger partial charge on any atom is 0.255 e. The number of pyridine rings is 2. The zero-order chi connectivity index (χ0) is 18.1. The Morgan fingerprint density at radius 1 is 1.31 bits per heavy atom. The van der Waals surface area contributed by atoms with Crippen molar-refractivity contribution in [2.24, 2.45) is 5.92 Å². The highest BCUT2D eigenvalue weighted by molar-refractivity contribution is 5.97. The molecule has 1 aliphatic rings. The van der Waals surface area contributed by atoms with Gasteiger partial charge in [0.1, 0.15) is 5.65 Å². The Bertz CT molecular complexity index is 948. The summed E-state index contributed by atoms with van der Waals surface area (Å²) in [6.45, 7) is 3.88. The number of hydrogen-bond acceptors (Lipinski definition) is 4. The maximum atomic E-state index is 12.9. The Morgan fingerprint density at radius 3 is 3.00 bits per heavy atom. The Balaban J connectivity index is 1.63. The fourth-order valence-corrected chi connectivity index (χ4v) is 3.69. The van der Waals surface area contributed by atoms with Crippen LogP contribution < -0.4 is 5.73 Å². The van der Waals surface area contributed by atoms with Gasteiger partial charge in [-0.15, -0.1) is 0 Å². The average molecular weight is 349 g/mol.